The van der Waals surface area contributed by atoms with Crippen LogP contribution in [0.15, 0.2) is 12.4 Å². The third kappa shape index (κ3) is 6.62. The molecule has 0 aliphatic carbocycles. The molecule has 1 aromatic rings. The molecule has 8 heteroatoms. The average Bonchev–Trinajstić information content (AvgIpc) is 3.19. The Morgan fingerprint density at radius 1 is 1.41 bits per heavy atom. The van der Waals surface area contributed by atoms with E-state index in [9.17, 15) is 9.59 Å². The van der Waals surface area contributed by atoms with Gasteiger partial charge in [0.1, 0.15) is 6.61 Å². The minimum atomic E-state index is -0.101. The Bertz CT molecular complexity index is 629. The largest absolute Gasteiger partial charge is 0.370 e. The van der Waals surface area contributed by atoms with Gasteiger partial charge < -0.3 is 15.0 Å². The second kappa shape index (κ2) is 9.85. The predicted molar refractivity (Wildman–Crippen MR) is 105 cm³/mol. The number of ether oxygens (including phenoxy) is 1. The lowest BCUT2D eigenvalue weighted by molar-refractivity contribution is -0.134. The molecule has 1 N–H and O–H groups in total. The van der Waals surface area contributed by atoms with E-state index in [4.69, 9.17) is 4.74 Å². The molecule has 1 fully saturated rings. The van der Waals surface area contributed by atoms with Crippen molar-refractivity contribution < 1.29 is 14.3 Å². The Balaban J connectivity index is 1.97. The summed E-state index contributed by atoms with van der Waals surface area (Å²) in [6, 6.07) is 0.495. The predicted octanol–water partition coefficient (Wildman–Crippen LogP) is 1.61. The Morgan fingerprint density at radius 3 is 2.78 bits per heavy atom. The molecule has 152 valence electrons. The van der Waals surface area contributed by atoms with E-state index in [1.165, 1.54) is 6.92 Å². The maximum absolute atomic E-state index is 11.7. The fourth-order valence-corrected chi connectivity index (χ4v) is 3.24. The third-order valence-electron chi connectivity index (χ3n) is 4.83. The molecule has 2 rings (SSSR count). The standard InChI is InChI=1S/C19H33N5O3/c1-14(2)6-7-23-11-17(24-10-16(9-20-24)21-15(3)25)8-18(23)12-27-13-19(26)22(4)5/h9-10,14,17-18H,6-8,11-13H2,1-5H3,(H,21,25)/t17-,18-/m0/s1. The number of amides is 2. The van der Waals surface area contributed by atoms with Crippen molar-refractivity contribution in [3.63, 3.8) is 0 Å². The van der Waals surface area contributed by atoms with Gasteiger partial charge in [-0.1, -0.05) is 13.8 Å². The lowest BCUT2D eigenvalue weighted by Crippen LogP contribution is -2.36. The van der Waals surface area contributed by atoms with Crippen molar-refractivity contribution in [1.82, 2.24) is 19.6 Å². The second-order valence-corrected chi connectivity index (χ2v) is 7.91. The summed E-state index contributed by atoms with van der Waals surface area (Å²) in [5.74, 6) is 0.513. The molecule has 1 saturated heterocycles. The van der Waals surface area contributed by atoms with Gasteiger partial charge in [-0.2, -0.15) is 5.10 Å². The molecule has 0 unspecified atom stereocenters. The summed E-state index contributed by atoms with van der Waals surface area (Å²) in [6.07, 6.45) is 5.59. The molecule has 27 heavy (non-hydrogen) atoms. The number of rotatable bonds is 9. The summed E-state index contributed by atoms with van der Waals surface area (Å²) in [5, 5.41) is 7.19. The maximum atomic E-state index is 11.7. The molecule has 0 bridgehead atoms. The van der Waals surface area contributed by atoms with Crippen LogP contribution in [0.2, 0.25) is 0 Å². The van der Waals surface area contributed by atoms with Gasteiger partial charge in [-0.3, -0.25) is 19.2 Å². The van der Waals surface area contributed by atoms with Crippen LogP contribution >= 0.6 is 0 Å². The van der Waals surface area contributed by atoms with E-state index in [1.54, 1.807) is 25.2 Å². The van der Waals surface area contributed by atoms with Crippen LogP contribution in [0.3, 0.4) is 0 Å². The first-order valence-electron chi connectivity index (χ1n) is 9.60. The molecule has 8 nitrogen and oxygen atoms in total. The van der Waals surface area contributed by atoms with E-state index in [0.717, 1.165) is 25.9 Å². The first kappa shape index (κ1) is 21.4. The highest BCUT2D eigenvalue weighted by molar-refractivity contribution is 5.88. The van der Waals surface area contributed by atoms with Gasteiger partial charge in [0.05, 0.1) is 24.5 Å². The number of nitrogens with zero attached hydrogens (tertiary/aromatic N) is 4. The number of carbonyl (C=O) groups excluding carboxylic acids is 2. The molecule has 1 aromatic heterocycles. The zero-order valence-corrected chi connectivity index (χ0v) is 17.1. The molecule has 0 radical (unpaired) electrons. The number of hydrogen-bond donors (Lipinski definition) is 1. The quantitative estimate of drug-likeness (QED) is 0.705. The summed E-state index contributed by atoms with van der Waals surface area (Å²) < 4.78 is 7.63. The smallest absolute Gasteiger partial charge is 0.248 e. The second-order valence-electron chi connectivity index (χ2n) is 7.91. The molecule has 2 heterocycles. The van der Waals surface area contributed by atoms with Crippen molar-refractivity contribution in [3.05, 3.63) is 12.4 Å². The van der Waals surface area contributed by atoms with Crippen molar-refractivity contribution in [1.29, 1.82) is 0 Å². The van der Waals surface area contributed by atoms with Gasteiger partial charge in [-0.05, 0) is 25.3 Å². The average molecular weight is 380 g/mol. The number of hydrogen-bond acceptors (Lipinski definition) is 5. The highest BCUT2D eigenvalue weighted by Gasteiger charge is 2.33. The molecular weight excluding hydrogens is 346 g/mol. The monoisotopic (exact) mass is 379 g/mol. The maximum Gasteiger partial charge on any atom is 0.248 e. The highest BCUT2D eigenvalue weighted by Crippen LogP contribution is 2.28. The van der Waals surface area contributed by atoms with Crippen molar-refractivity contribution in [2.45, 2.75) is 45.7 Å². The first-order chi connectivity index (χ1) is 12.8. The fraction of sp³-hybridized carbons (Fsp3) is 0.737. The van der Waals surface area contributed by atoms with Crippen molar-refractivity contribution in [2.24, 2.45) is 5.92 Å². The van der Waals surface area contributed by atoms with Gasteiger partial charge in [-0.15, -0.1) is 0 Å². The van der Waals surface area contributed by atoms with Gasteiger partial charge in [0.2, 0.25) is 11.8 Å². The Hall–Kier alpha value is -1.93. The van der Waals surface area contributed by atoms with Crippen LogP contribution in [-0.4, -0.2) is 77.8 Å². The van der Waals surface area contributed by atoms with E-state index in [2.05, 4.69) is 29.2 Å². The van der Waals surface area contributed by atoms with Crippen molar-refractivity contribution in [2.75, 3.05) is 45.7 Å². The molecular formula is C19H33N5O3. The number of aromatic nitrogens is 2. The van der Waals surface area contributed by atoms with E-state index >= 15 is 0 Å². The van der Waals surface area contributed by atoms with Crippen molar-refractivity contribution >= 4 is 17.5 Å². The van der Waals surface area contributed by atoms with E-state index in [1.807, 2.05) is 10.9 Å². The zero-order chi connectivity index (χ0) is 20.0. The Morgan fingerprint density at radius 2 is 2.15 bits per heavy atom. The van der Waals surface area contributed by atoms with Gasteiger partial charge in [0, 0.05) is 39.8 Å². The summed E-state index contributed by atoms with van der Waals surface area (Å²) in [6.45, 7) is 8.48. The summed E-state index contributed by atoms with van der Waals surface area (Å²) in [5.41, 5.74) is 0.715. The van der Waals surface area contributed by atoms with Crippen LogP contribution in [0.25, 0.3) is 0 Å². The summed E-state index contributed by atoms with van der Waals surface area (Å²) in [4.78, 5) is 26.9. The number of likely N-dealkylation sites (tertiary alicyclic amines) is 1. The molecule has 2 amide bonds. The van der Waals surface area contributed by atoms with Crippen LogP contribution in [0.5, 0.6) is 0 Å². The van der Waals surface area contributed by atoms with Crippen molar-refractivity contribution in [3.8, 4) is 0 Å². The number of anilines is 1. The molecule has 2 atom stereocenters. The summed E-state index contributed by atoms with van der Waals surface area (Å²) in [7, 11) is 3.47. The van der Waals surface area contributed by atoms with E-state index in [-0.39, 0.29) is 30.5 Å². The van der Waals surface area contributed by atoms with Crippen LogP contribution < -0.4 is 5.32 Å². The van der Waals surface area contributed by atoms with Gasteiger partial charge >= 0.3 is 0 Å². The topological polar surface area (TPSA) is 79.7 Å². The number of likely N-dealkylation sites (N-methyl/N-ethyl adjacent to an activating group) is 1. The van der Waals surface area contributed by atoms with E-state index in [0.29, 0.717) is 18.2 Å². The molecule has 1 aliphatic heterocycles. The normalized spacial score (nSPS) is 20.2. The number of nitrogens with one attached hydrogen (secondary N) is 1. The lowest BCUT2D eigenvalue weighted by atomic mass is 10.1. The van der Waals surface area contributed by atoms with Crippen LogP contribution in [0.4, 0.5) is 5.69 Å². The SMILES string of the molecule is CC(=O)Nc1cnn([C@H]2C[C@@H](COCC(=O)N(C)C)N(CCC(C)C)C2)c1. The molecule has 0 spiro atoms. The minimum absolute atomic E-state index is 0.0229. The Labute approximate surface area is 161 Å². The van der Waals surface area contributed by atoms with E-state index < -0.39 is 0 Å². The zero-order valence-electron chi connectivity index (χ0n) is 17.1. The van der Waals surface area contributed by atoms with Crippen LogP contribution in [0.1, 0.15) is 39.7 Å². The Kier molecular flexibility index (Phi) is 7.79. The molecule has 1 aliphatic rings. The minimum Gasteiger partial charge on any atom is -0.370 e. The fourth-order valence-electron chi connectivity index (χ4n) is 3.24. The first-order valence-corrected chi connectivity index (χ1v) is 9.60. The molecule has 0 saturated carbocycles. The summed E-state index contributed by atoms with van der Waals surface area (Å²) >= 11 is 0. The van der Waals surface area contributed by atoms with Crippen LogP contribution in [0, 0.1) is 5.92 Å². The third-order valence-corrected chi connectivity index (χ3v) is 4.83. The molecule has 0 aromatic carbocycles. The van der Waals surface area contributed by atoms with Gasteiger partial charge in [0.15, 0.2) is 0 Å². The number of carbonyl (C=O) groups is 2. The highest BCUT2D eigenvalue weighted by atomic mass is 16.5. The van der Waals surface area contributed by atoms with Gasteiger partial charge in [0.25, 0.3) is 0 Å². The van der Waals surface area contributed by atoms with Crippen LogP contribution in [-0.2, 0) is 14.3 Å². The lowest BCUT2D eigenvalue weighted by Gasteiger charge is -2.25. The van der Waals surface area contributed by atoms with Gasteiger partial charge in [-0.25, -0.2) is 0 Å².